The maximum absolute atomic E-state index is 14.0. The van der Waals surface area contributed by atoms with Gasteiger partial charge in [-0.1, -0.05) is 39.0 Å². The number of amides is 2. The zero-order valence-corrected chi connectivity index (χ0v) is 28.1. The number of nitrogens with one attached hydrogen (secondary N) is 1. The van der Waals surface area contributed by atoms with E-state index in [9.17, 15) is 14.4 Å². The number of aromatic nitrogens is 3. The lowest BCUT2D eigenvalue weighted by Gasteiger charge is -2.33. The molecule has 2 aromatic heterocycles. The van der Waals surface area contributed by atoms with Crippen molar-refractivity contribution in [2.75, 3.05) is 51.7 Å². The highest BCUT2D eigenvalue weighted by atomic mass is 32.2. The van der Waals surface area contributed by atoms with Crippen LogP contribution in [-0.4, -0.2) is 99.2 Å². The van der Waals surface area contributed by atoms with E-state index in [0.29, 0.717) is 44.2 Å². The molecule has 6 rings (SSSR count). The van der Waals surface area contributed by atoms with E-state index in [2.05, 4.69) is 78.9 Å². The lowest BCUT2D eigenvalue weighted by atomic mass is 9.92. The highest BCUT2D eigenvalue weighted by Gasteiger charge is 2.44. The maximum Gasteiger partial charge on any atom is 0.327 e. The van der Waals surface area contributed by atoms with Crippen LogP contribution in [0.5, 0.6) is 0 Å². The van der Waals surface area contributed by atoms with Gasteiger partial charge in [0.1, 0.15) is 5.37 Å². The van der Waals surface area contributed by atoms with Gasteiger partial charge in [0.05, 0.1) is 10.8 Å². The Morgan fingerprint density at radius 2 is 1.80 bits per heavy atom. The fourth-order valence-electron chi connectivity index (χ4n) is 7.00. The summed E-state index contributed by atoms with van der Waals surface area (Å²) in [5, 5.41) is -0.538. The monoisotopic (exact) mass is 633 g/mol. The smallest absolute Gasteiger partial charge is 0.327 e. The van der Waals surface area contributed by atoms with Crippen LogP contribution < -0.4 is 10.6 Å². The number of hydrogen-bond acceptors (Lipinski definition) is 7. The Labute approximate surface area is 270 Å². The third-order valence-corrected chi connectivity index (χ3v) is 11.2. The Morgan fingerprint density at radius 1 is 1.04 bits per heavy atom. The number of likely N-dealkylation sites (N-methyl/N-ethyl adjacent to an activating group) is 1. The van der Waals surface area contributed by atoms with Gasteiger partial charge in [0, 0.05) is 68.7 Å². The number of piperidine rings is 1. The third kappa shape index (κ3) is 6.65. The van der Waals surface area contributed by atoms with Crippen LogP contribution in [0.4, 0.5) is 5.69 Å². The van der Waals surface area contributed by atoms with Crippen molar-refractivity contribution < 1.29 is 9.59 Å². The van der Waals surface area contributed by atoms with Gasteiger partial charge < -0.3 is 19.6 Å². The van der Waals surface area contributed by atoms with Crippen molar-refractivity contribution in [3.8, 4) is 0 Å². The number of thioether (sulfide) groups is 1. The Kier molecular flexibility index (Phi) is 9.03. The van der Waals surface area contributed by atoms with E-state index in [0.717, 1.165) is 31.4 Å². The number of imidazole rings is 1. The quantitative estimate of drug-likeness (QED) is 0.390. The summed E-state index contributed by atoms with van der Waals surface area (Å²) in [4.78, 5) is 56.2. The van der Waals surface area contributed by atoms with Gasteiger partial charge in [-0.25, -0.2) is 9.78 Å². The first-order valence-electron chi connectivity index (χ1n) is 16.3. The number of carbonyl (C=O) groups excluding carboxylic acids is 2. The molecule has 2 unspecified atom stereocenters. The van der Waals surface area contributed by atoms with Crippen molar-refractivity contribution in [3.63, 3.8) is 0 Å². The van der Waals surface area contributed by atoms with Crippen LogP contribution in [0.3, 0.4) is 0 Å². The molecule has 0 radical (unpaired) electrons. The number of pyridine rings is 1. The first-order chi connectivity index (χ1) is 21.5. The second-order valence-corrected chi connectivity index (χ2v) is 15.5. The molecule has 3 atom stereocenters. The number of likely N-dealkylation sites (tertiary alicyclic amines) is 1. The molecule has 0 bridgehead atoms. The van der Waals surface area contributed by atoms with E-state index < -0.39 is 5.25 Å². The molecule has 10 nitrogen and oxygen atoms in total. The fraction of sp³-hybridized carbons (Fsp3) is 0.588. The molecule has 0 saturated carbocycles. The second kappa shape index (κ2) is 12.8. The van der Waals surface area contributed by atoms with Crippen molar-refractivity contribution in [1.29, 1.82) is 0 Å². The highest BCUT2D eigenvalue weighted by Crippen LogP contribution is 2.48. The standard InChI is InChI=1S/C34H47N7O3S/c1-34(2,3)15-20-40-31(43)28(45-32(40)25-9-6-7-10-26(25)39-19-14-24(22-39)37(4)5)21-29(42)38-17-12-23(13-18-38)41-27-11-8-16-35-30(27)36-33(41)44/h6-11,16,23-24,28,32H,12-15,17-22H2,1-5H3,(H,35,36,44)/t24-,28?,32?/m0/s1. The van der Waals surface area contributed by atoms with Crippen molar-refractivity contribution in [1.82, 2.24) is 29.2 Å². The summed E-state index contributed by atoms with van der Waals surface area (Å²) in [6.07, 6.45) is 5.26. The minimum atomic E-state index is -0.413. The number of para-hydroxylation sites is 1. The maximum atomic E-state index is 14.0. The van der Waals surface area contributed by atoms with Gasteiger partial charge in [-0.3, -0.25) is 19.1 Å². The number of aromatic amines is 1. The number of anilines is 1. The number of benzene rings is 1. The molecule has 5 heterocycles. The van der Waals surface area contributed by atoms with E-state index in [-0.39, 0.29) is 40.8 Å². The van der Waals surface area contributed by atoms with Crippen molar-refractivity contribution in [2.24, 2.45) is 5.41 Å². The predicted octanol–water partition coefficient (Wildman–Crippen LogP) is 4.50. The van der Waals surface area contributed by atoms with E-state index in [1.165, 1.54) is 11.3 Å². The van der Waals surface area contributed by atoms with Crippen LogP contribution in [0, 0.1) is 5.41 Å². The predicted molar refractivity (Wildman–Crippen MR) is 180 cm³/mol. The summed E-state index contributed by atoms with van der Waals surface area (Å²) in [6, 6.07) is 12.8. The normalized spacial score (nSPS) is 23.2. The summed E-state index contributed by atoms with van der Waals surface area (Å²) >= 11 is 1.64. The van der Waals surface area contributed by atoms with Crippen LogP contribution in [0.2, 0.25) is 0 Å². The van der Waals surface area contributed by atoms with E-state index in [1.54, 1.807) is 22.5 Å². The first-order valence-corrected chi connectivity index (χ1v) is 17.2. The molecule has 2 amide bonds. The molecule has 0 aliphatic carbocycles. The number of carbonyl (C=O) groups is 2. The summed E-state index contributed by atoms with van der Waals surface area (Å²) in [6.45, 7) is 10.4. The Morgan fingerprint density at radius 3 is 2.51 bits per heavy atom. The highest BCUT2D eigenvalue weighted by molar-refractivity contribution is 8.01. The lowest BCUT2D eigenvalue weighted by Crippen LogP contribution is -2.42. The number of hydrogen-bond donors (Lipinski definition) is 1. The summed E-state index contributed by atoms with van der Waals surface area (Å²) < 4.78 is 1.79. The van der Waals surface area contributed by atoms with Crippen LogP contribution in [0.15, 0.2) is 47.4 Å². The third-order valence-electron chi connectivity index (χ3n) is 9.71. The zero-order valence-electron chi connectivity index (χ0n) is 27.2. The SMILES string of the molecule is CN(C)[C@H]1CCN(c2ccccc2C2SC(CC(=O)N3CCC(n4c(=O)[nH]c5ncccc54)CC3)C(=O)N2CCC(C)(C)C)C1. The average molecular weight is 634 g/mol. The number of nitrogens with zero attached hydrogens (tertiary/aromatic N) is 6. The molecular formula is C34H47N7O3S. The van der Waals surface area contributed by atoms with Gasteiger partial charge in [-0.05, 0) is 63.4 Å². The van der Waals surface area contributed by atoms with Crippen molar-refractivity contribution >= 4 is 40.4 Å². The average Bonchev–Trinajstić information content (AvgIpc) is 3.71. The second-order valence-electron chi connectivity index (χ2n) is 14.2. The lowest BCUT2D eigenvalue weighted by molar-refractivity contribution is -0.136. The zero-order chi connectivity index (χ0) is 31.9. The van der Waals surface area contributed by atoms with Crippen LogP contribution in [0.1, 0.15) is 69.9 Å². The molecule has 3 aliphatic heterocycles. The number of fused-ring (bicyclic) bond motifs is 1. The van der Waals surface area contributed by atoms with Gasteiger partial charge in [-0.15, -0.1) is 11.8 Å². The molecule has 1 N–H and O–H groups in total. The molecule has 242 valence electrons. The molecule has 0 spiro atoms. The van der Waals surface area contributed by atoms with E-state index in [1.807, 2.05) is 21.9 Å². The van der Waals surface area contributed by atoms with Gasteiger partial charge in [0.25, 0.3) is 0 Å². The summed E-state index contributed by atoms with van der Waals surface area (Å²) in [5.41, 5.74) is 3.68. The molecule has 3 aromatic rings. The molecule has 45 heavy (non-hydrogen) atoms. The molecule has 1 aromatic carbocycles. The summed E-state index contributed by atoms with van der Waals surface area (Å²) in [7, 11) is 4.28. The topological polar surface area (TPSA) is 97.8 Å². The minimum absolute atomic E-state index is 0.00781. The molecule has 3 saturated heterocycles. The Balaban J connectivity index is 1.16. The largest absolute Gasteiger partial charge is 0.370 e. The Hall–Kier alpha value is -3.31. The van der Waals surface area contributed by atoms with Crippen molar-refractivity contribution in [3.05, 3.63) is 58.6 Å². The van der Waals surface area contributed by atoms with E-state index >= 15 is 0 Å². The van der Waals surface area contributed by atoms with Crippen LogP contribution in [-0.2, 0) is 9.59 Å². The molecule has 11 heteroatoms. The van der Waals surface area contributed by atoms with E-state index in [4.69, 9.17) is 0 Å². The molecule has 3 aliphatic rings. The Bertz CT molecular complexity index is 1590. The molecular weight excluding hydrogens is 586 g/mol. The fourth-order valence-corrected chi connectivity index (χ4v) is 8.50. The van der Waals surface area contributed by atoms with Gasteiger partial charge in [0.15, 0.2) is 5.65 Å². The van der Waals surface area contributed by atoms with Gasteiger partial charge >= 0.3 is 5.69 Å². The minimum Gasteiger partial charge on any atom is -0.370 e. The van der Waals surface area contributed by atoms with Crippen LogP contribution >= 0.6 is 11.8 Å². The van der Waals surface area contributed by atoms with Gasteiger partial charge in [-0.2, -0.15) is 0 Å². The number of rotatable bonds is 8. The molecule has 3 fully saturated rings. The number of H-pyrrole nitrogens is 1. The summed E-state index contributed by atoms with van der Waals surface area (Å²) in [5.74, 6) is 0.0861. The first kappa shape index (κ1) is 31.7. The van der Waals surface area contributed by atoms with Gasteiger partial charge in [0.2, 0.25) is 11.8 Å². The van der Waals surface area contributed by atoms with Crippen LogP contribution in [0.25, 0.3) is 11.2 Å². The van der Waals surface area contributed by atoms with Crippen molar-refractivity contribution in [2.45, 2.75) is 75.6 Å².